The molecule has 0 unspecified atom stereocenters. The number of fused-ring (bicyclic) bond motifs is 3. The summed E-state index contributed by atoms with van der Waals surface area (Å²) in [5, 5.41) is 13.5. The predicted octanol–water partition coefficient (Wildman–Crippen LogP) is 2.76. The van der Waals surface area contributed by atoms with Crippen molar-refractivity contribution in [3.8, 4) is 17.2 Å². The Hall–Kier alpha value is -4.43. The van der Waals surface area contributed by atoms with Crippen LogP contribution in [0.2, 0.25) is 0 Å². The number of nitrogens with zero attached hydrogens (tertiary/aromatic N) is 6. The number of aromatic nitrogens is 4. The number of rotatable bonds is 8. The van der Waals surface area contributed by atoms with Crippen LogP contribution >= 0.6 is 11.3 Å². The van der Waals surface area contributed by atoms with E-state index in [4.69, 9.17) is 20.0 Å². The zero-order valence-corrected chi connectivity index (χ0v) is 22.3. The van der Waals surface area contributed by atoms with Gasteiger partial charge in [0, 0.05) is 45.3 Å². The third-order valence-electron chi connectivity index (χ3n) is 6.95. The van der Waals surface area contributed by atoms with E-state index in [9.17, 15) is 14.0 Å². The lowest BCUT2D eigenvalue weighted by molar-refractivity contribution is -0.144. The van der Waals surface area contributed by atoms with Gasteiger partial charge in [-0.2, -0.15) is 14.6 Å². The Morgan fingerprint density at radius 1 is 1.23 bits per heavy atom. The number of halogens is 1. The Balaban J connectivity index is 1.13. The Labute approximate surface area is 230 Å². The first-order valence-corrected chi connectivity index (χ1v) is 13.5. The van der Waals surface area contributed by atoms with Crippen molar-refractivity contribution in [3.63, 3.8) is 0 Å². The van der Waals surface area contributed by atoms with Crippen molar-refractivity contribution in [1.29, 1.82) is 0 Å². The van der Waals surface area contributed by atoms with Gasteiger partial charge in [0.15, 0.2) is 17.5 Å². The van der Waals surface area contributed by atoms with Crippen LogP contribution in [0.4, 0.5) is 16.0 Å². The van der Waals surface area contributed by atoms with Crippen molar-refractivity contribution >= 4 is 44.8 Å². The SMILES string of the molecule is C[C@H](Oc1ccc(N2CCN(CCn3c(=O)sc4c3nc(N)n3nc(-c5ccco5)cc43)CC2)c(F)c1)C(=O)O. The van der Waals surface area contributed by atoms with Gasteiger partial charge in [-0.1, -0.05) is 11.3 Å². The second-order valence-electron chi connectivity index (χ2n) is 9.49. The van der Waals surface area contributed by atoms with Gasteiger partial charge in [0.2, 0.25) is 5.95 Å². The maximum Gasteiger partial charge on any atom is 0.344 e. The molecule has 208 valence electrons. The molecule has 1 fully saturated rings. The Morgan fingerprint density at radius 3 is 2.73 bits per heavy atom. The van der Waals surface area contributed by atoms with Crippen molar-refractivity contribution in [2.24, 2.45) is 0 Å². The molecule has 1 aromatic carbocycles. The van der Waals surface area contributed by atoms with Gasteiger partial charge in [-0.25, -0.2) is 9.18 Å². The minimum Gasteiger partial charge on any atom is -0.479 e. The Morgan fingerprint density at radius 2 is 2.02 bits per heavy atom. The van der Waals surface area contributed by atoms with E-state index in [1.807, 2.05) is 11.0 Å². The number of piperazine rings is 1. The first kappa shape index (κ1) is 25.8. The summed E-state index contributed by atoms with van der Waals surface area (Å²) in [5.41, 5.74) is 8.46. The highest BCUT2D eigenvalue weighted by molar-refractivity contribution is 7.17. The van der Waals surface area contributed by atoms with E-state index in [0.29, 0.717) is 72.3 Å². The minimum atomic E-state index is -1.12. The molecule has 3 N–H and O–H groups in total. The third-order valence-corrected chi connectivity index (χ3v) is 7.95. The van der Waals surface area contributed by atoms with Crippen LogP contribution in [0.5, 0.6) is 5.75 Å². The number of hydrogen-bond donors (Lipinski definition) is 2. The van der Waals surface area contributed by atoms with Crippen LogP contribution in [0.3, 0.4) is 0 Å². The van der Waals surface area contributed by atoms with Crippen LogP contribution in [0.1, 0.15) is 6.92 Å². The van der Waals surface area contributed by atoms with Gasteiger partial charge >= 0.3 is 10.8 Å². The summed E-state index contributed by atoms with van der Waals surface area (Å²) in [6, 6.07) is 9.81. The standard InChI is InChI=1S/C26H26FN7O5S/c1-15(24(35)36)39-16-4-5-19(17(27)13-16)32-9-6-31(7-10-32)8-11-33-23-22(40-26(33)37)20-14-18(21-3-2-12-38-21)30-34(20)25(28)29-23/h2-5,12-15H,6-11H2,1H3,(H2,28,29)(H,35,36)/t15-/m0/s1. The summed E-state index contributed by atoms with van der Waals surface area (Å²) in [5.74, 6) is -0.643. The number of thiazole rings is 1. The highest BCUT2D eigenvalue weighted by Crippen LogP contribution is 2.29. The van der Waals surface area contributed by atoms with Gasteiger partial charge in [0.05, 0.1) is 17.5 Å². The number of benzene rings is 1. The van der Waals surface area contributed by atoms with E-state index in [1.165, 1.54) is 17.5 Å². The fraction of sp³-hybridized carbons (Fsp3) is 0.308. The van der Waals surface area contributed by atoms with Gasteiger partial charge in [-0.05, 0) is 37.3 Å². The average molecular weight is 568 g/mol. The smallest absolute Gasteiger partial charge is 0.344 e. The lowest BCUT2D eigenvalue weighted by Gasteiger charge is -2.36. The molecule has 12 nitrogen and oxygen atoms in total. The van der Waals surface area contributed by atoms with Crippen molar-refractivity contribution in [3.05, 3.63) is 58.1 Å². The number of hydrogen-bond acceptors (Lipinski definition) is 10. The van der Waals surface area contributed by atoms with E-state index in [-0.39, 0.29) is 16.6 Å². The number of ether oxygens (including phenoxy) is 1. The number of nitrogens with two attached hydrogens (primary N) is 1. The Kier molecular flexibility index (Phi) is 6.64. The third kappa shape index (κ3) is 4.75. The molecule has 4 aromatic heterocycles. The molecule has 0 bridgehead atoms. The fourth-order valence-electron chi connectivity index (χ4n) is 4.82. The van der Waals surface area contributed by atoms with Gasteiger partial charge < -0.3 is 24.9 Å². The number of nitrogen functional groups attached to an aromatic ring is 1. The number of carbonyl (C=O) groups is 1. The van der Waals surface area contributed by atoms with Crippen LogP contribution < -0.4 is 20.2 Å². The monoisotopic (exact) mass is 567 g/mol. The number of anilines is 2. The first-order valence-electron chi connectivity index (χ1n) is 12.7. The average Bonchev–Trinajstić information content (AvgIpc) is 3.67. The summed E-state index contributed by atoms with van der Waals surface area (Å²) in [6.45, 7) is 4.99. The molecule has 6 rings (SSSR count). The molecule has 14 heteroatoms. The van der Waals surface area contributed by atoms with E-state index < -0.39 is 17.9 Å². The summed E-state index contributed by atoms with van der Waals surface area (Å²) >= 11 is 1.11. The number of aliphatic carboxylic acids is 1. The molecular weight excluding hydrogens is 541 g/mol. The summed E-state index contributed by atoms with van der Waals surface area (Å²) in [4.78, 5) is 32.5. The van der Waals surface area contributed by atoms with Gasteiger partial charge in [-0.15, -0.1) is 0 Å². The van der Waals surface area contributed by atoms with E-state index in [1.54, 1.807) is 35.1 Å². The molecule has 1 saturated heterocycles. The zero-order valence-electron chi connectivity index (χ0n) is 21.5. The van der Waals surface area contributed by atoms with Crippen molar-refractivity contribution in [2.75, 3.05) is 43.4 Å². The second kappa shape index (κ2) is 10.3. The van der Waals surface area contributed by atoms with Gasteiger partial charge in [0.25, 0.3) is 0 Å². The quantitative estimate of drug-likeness (QED) is 0.287. The number of furan rings is 1. The van der Waals surface area contributed by atoms with Crippen molar-refractivity contribution in [2.45, 2.75) is 19.6 Å². The topological polar surface area (TPSA) is 144 Å². The first-order chi connectivity index (χ1) is 19.3. The normalized spacial score (nSPS) is 15.2. The van der Waals surface area contributed by atoms with E-state index >= 15 is 0 Å². The molecule has 40 heavy (non-hydrogen) atoms. The molecular formula is C26H26FN7O5S. The highest BCUT2D eigenvalue weighted by Gasteiger charge is 2.22. The lowest BCUT2D eigenvalue weighted by Crippen LogP contribution is -2.47. The summed E-state index contributed by atoms with van der Waals surface area (Å²) < 4.78 is 29.4. The zero-order chi connectivity index (χ0) is 28.0. The van der Waals surface area contributed by atoms with E-state index in [0.717, 1.165) is 11.3 Å². The summed E-state index contributed by atoms with van der Waals surface area (Å²) in [7, 11) is 0. The van der Waals surface area contributed by atoms with Gasteiger partial charge in [0.1, 0.15) is 22.0 Å². The highest BCUT2D eigenvalue weighted by atomic mass is 32.1. The lowest BCUT2D eigenvalue weighted by atomic mass is 10.2. The molecule has 5 aromatic rings. The molecule has 1 aliphatic rings. The Bertz CT molecular complexity index is 1750. The predicted molar refractivity (Wildman–Crippen MR) is 148 cm³/mol. The van der Waals surface area contributed by atoms with Crippen LogP contribution in [0.15, 0.2) is 51.9 Å². The minimum absolute atomic E-state index is 0.129. The molecule has 1 atom stereocenters. The number of carboxylic acids is 1. The van der Waals surface area contributed by atoms with E-state index in [2.05, 4.69) is 15.0 Å². The maximum atomic E-state index is 14.8. The van der Waals surface area contributed by atoms with Crippen LogP contribution in [0.25, 0.3) is 27.3 Å². The van der Waals surface area contributed by atoms with Crippen LogP contribution in [0, 0.1) is 5.82 Å². The maximum absolute atomic E-state index is 14.8. The fourth-order valence-corrected chi connectivity index (χ4v) is 5.78. The number of carboxylic acid groups (broad SMARTS) is 1. The molecule has 0 spiro atoms. The molecule has 5 heterocycles. The second-order valence-corrected chi connectivity index (χ2v) is 10.4. The molecule has 0 saturated carbocycles. The largest absolute Gasteiger partial charge is 0.479 e. The molecule has 0 amide bonds. The van der Waals surface area contributed by atoms with Crippen molar-refractivity contribution in [1.82, 2.24) is 24.1 Å². The van der Waals surface area contributed by atoms with Crippen LogP contribution in [-0.4, -0.2) is 74.0 Å². The molecule has 0 radical (unpaired) electrons. The van der Waals surface area contributed by atoms with Gasteiger partial charge in [-0.3, -0.25) is 14.3 Å². The molecule has 0 aliphatic carbocycles. The summed E-state index contributed by atoms with van der Waals surface area (Å²) in [6.07, 6.45) is 0.497. The van der Waals surface area contributed by atoms with Crippen LogP contribution in [-0.2, 0) is 11.3 Å². The van der Waals surface area contributed by atoms with Crippen molar-refractivity contribution < 1.29 is 23.4 Å². The molecule has 1 aliphatic heterocycles.